The summed E-state index contributed by atoms with van der Waals surface area (Å²) < 4.78 is 11.2. The molecular formula is C14H15ClN2O5. The van der Waals surface area contributed by atoms with Crippen LogP contribution in [0.3, 0.4) is 0 Å². The van der Waals surface area contributed by atoms with Gasteiger partial charge in [-0.3, -0.25) is 14.9 Å². The Bertz CT molecular complexity index is 605. The standard InChI is InChI=1S/C14H15ClN2O5/c15-12-9-10(17(19)20)1-2-11(12)13(18)16-5-3-14(4-6-16)21-7-8-22-14/h1-2,9H,3-8H2. The second-order valence-electron chi connectivity index (χ2n) is 5.32. The molecule has 2 aliphatic rings. The summed E-state index contributed by atoms with van der Waals surface area (Å²) in [5.41, 5.74) is 0.142. The Morgan fingerprint density at radius 3 is 2.45 bits per heavy atom. The van der Waals surface area contributed by atoms with Gasteiger partial charge in [0.15, 0.2) is 5.79 Å². The van der Waals surface area contributed by atoms with Crippen LogP contribution in [-0.2, 0) is 9.47 Å². The number of hydrogen-bond acceptors (Lipinski definition) is 5. The minimum absolute atomic E-state index is 0.0906. The Labute approximate surface area is 131 Å². The van der Waals surface area contributed by atoms with Gasteiger partial charge < -0.3 is 14.4 Å². The smallest absolute Gasteiger partial charge is 0.270 e. The van der Waals surface area contributed by atoms with Gasteiger partial charge in [0, 0.05) is 38.1 Å². The Morgan fingerprint density at radius 1 is 1.27 bits per heavy atom. The third kappa shape index (κ3) is 2.79. The first-order valence-electron chi connectivity index (χ1n) is 7.02. The van der Waals surface area contributed by atoms with E-state index in [2.05, 4.69) is 0 Å². The quantitative estimate of drug-likeness (QED) is 0.615. The number of hydrogen-bond donors (Lipinski definition) is 0. The number of likely N-dealkylation sites (tertiary alicyclic amines) is 1. The molecule has 7 nitrogen and oxygen atoms in total. The van der Waals surface area contributed by atoms with Gasteiger partial charge in [-0.15, -0.1) is 0 Å². The summed E-state index contributed by atoms with van der Waals surface area (Å²) in [5.74, 6) is -0.775. The number of benzene rings is 1. The van der Waals surface area contributed by atoms with E-state index in [-0.39, 0.29) is 22.2 Å². The lowest BCUT2D eigenvalue weighted by Gasteiger charge is -2.37. The molecule has 1 amide bonds. The Balaban J connectivity index is 1.71. The molecule has 8 heteroatoms. The number of halogens is 1. The van der Waals surface area contributed by atoms with Crippen molar-refractivity contribution >= 4 is 23.2 Å². The fourth-order valence-electron chi connectivity index (χ4n) is 2.80. The number of non-ortho nitro benzene ring substituents is 1. The van der Waals surface area contributed by atoms with E-state index in [1.165, 1.54) is 18.2 Å². The number of ether oxygens (including phenoxy) is 2. The van der Waals surface area contributed by atoms with Crippen molar-refractivity contribution in [3.05, 3.63) is 38.9 Å². The molecule has 0 N–H and O–H groups in total. The van der Waals surface area contributed by atoms with E-state index in [1.807, 2.05) is 0 Å². The predicted octanol–water partition coefficient (Wildman–Crippen LogP) is 2.23. The third-order valence-corrected chi connectivity index (χ3v) is 4.33. The van der Waals surface area contributed by atoms with Gasteiger partial charge in [-0.25, -0.2) is 0 Å². The van der Waals surface area contributed by atoms with Crippen LogP contribution in [0.4, 0.5) is 5.69 Å². The average Bonchev–Trinajstić information content (AvgIpc) is 2.95. The maximum absolute atomic E-state index is 12.5. The minimum Gasteiger partial charge on any atom is -0.347 e. The van der Waals surface area contributed by atoms with Crippen LogP contribution < -0.4 is 0 Å². The number of amides is 1. The predicted molar refractivity (Wildman–Crippen MR) is 77.9 cm³/mol. The van der Waals surface area contributed by atoms with Gasteiger partial charge in [-0.05, 0) is 6.07 Å². The highest BCUT2D eigenvalue weighted by Gasteiger charge is 2.41. The summed E-state index contributed by atoms with van der Waals surface area (Å²) in [6.45, 7) is 2.18. The van der Waals surface area contributed by atoms with E-state index < -0.39 is 10.7 Å². The number of nitro benzene ring substituents is 1. The molecule has 2 fully saturated rings. The average molecular weight is 327 g/mol. The summed E-state index contributed by atoms with van der Waals surface area (Å²) in [6, 6.07) is 3.88. The van der Waals surface area contributed by atoms with Gasteiger partial charge in [0.2, 0.25) is 0 Å². The number of nitrogens with zero attached hydrogens (tertiary/aromatic N) is 2. The van der Waals surface area contributed by atoms with Crippen LogP contribution in [0.15, 0.2) is 18.2 Å². The topological polar surface area (TPSA) is 81.9 Å². The van der Waals surface area contributed by atoms with E-state index in [4.69, 9.17) is 21.1 Å². The fourth-order valence-corrected chi connectivity index (χ4v) is 3.05. The fraction of sp³-hybridized carbons (Fsp3) is 0.500. The molecule has 118 valence electrons. The number of rotatable bonds is 2. The van der Waals surface area contributed by atoms with Crippen LogP contribution in [0.25, 0.3) is 0 Å². The van der Waals surface area contributed by atoms with Crippen LogP contribution in [0.2, 0.25) is 5.02 Å². The zero-order valence-electron chi connectivity index (χ0n) is 11.8. The van der Waals surface area contributed by atoms with Crippen molar-refractivity contribution in [2.45, 2.75) is 18.6 Å². The van der Waals surface area contributed by atoms with Crippen LogP contribution in [0.1, 0.15) is 23.2 Å². The minimum atomic E-state index is -0.546. The molecule has 1 spiro atoms. The molecule has 0 unspecified atom stereocenters. The van der Waals surface area contributed by atoms with Crippen molar-refractivity contribution in [3.8, 4) is 0 Å². The first-order chi connectivity index (χ1) is 10.5. The molecule has 0 bridgehead atoms. The van der Waals surface area contributed by atoms with E-state index in [1.54, 1.807) is 4.90 Å². The molecule has 0 aliphatic carbocycles. The first-order valence-corrected chi connectivity index (χ1v) is 7.40. The molecule has 0 atom stereocenters. The van der Waals surface area contributed by atoms with Crippen LogP contribution in [0.5, 0.6) is 0 Å². The molecule has 3 rings (SSSR count). The van der Waals surface area contributed by atoms with E-state index in [0.29, 0.717) is 39.1 Å². The number of carbonyl (C=O) groups is 1. The summed E-state index contributed by atoms with van der Waals surface area (Å²) in [5, 5.41) is 10.8. The number of piperidine rings is 1. The Kier molecular flexibility index (Phi) is 4.03. The Morgan fingerprint density at radius 2 is 1.91 bits per heavy atom. The lowest BCUT2D eigenvalue weighted by molar-refractivity contribution is -0.384. The van der Waals surface area contributed by atoms with Gasteiger partial charge in [0.05, 0.1) is 28.7 Å². The largest absolute Gasteiger partial charge is 0.347 e. The van der Waals surface area contributed by atoms with Crippen LogP contribution in [-0.4, -0.2) is 47.8 Å². The molecule has 1 aromatic carbocycles. The van der Waals surface area contributed by atoms with Crippen molar-refractivity contribution in [1.29, 1.82) is 0 Å². The zero-order valence-corrected chi connectivity index (χ0v) is 12.5. The molecule has 1 aromatic rings. The van der Waals surface area contributed by atoms with Crippen LogP contribution >= 0.6 is 11.6 Å². The summed E-state index contributed by atoms with van der Waals surface area (Å²) in [4.78, 5) is 24.3. The van der Waals surface area contributed by atoms with Gasteiger partial charge in [-0.2, -0.15) is 0 Å². The first kappa shape index (κ1) is 15.2. The summed E-state index contributed by atoms with van der Waals surface area (Å²) in [6.07, 6.45) is 1.23. The highest BCUT2D eigenvalue weighted by atomic mass is 35.5. The lowest BCUT2D eigenvalue weighted by atomic mass is 10.0. The lowest BCUT2D eigenvalue weighted by Crippen LogP contribution is -2.47. The molecule has 0 radical (unpaired) electrons. The number of carbonyl (C=O) groups excluding carboxylic acids is 1. The molecule has 0 aromatic heterocycles. The van der Waals surface area contributed by atoms with Crippen molar-refractivity contribution in [1.82, 2.24) is 4.90 Å². The highest BCUT2D eigenvalue weighted by molar-refractivity contribution is 6.34. The van der Waals surface area contributed by atoms with Gasteiger partial charge >= 0.3 is 0 Å². The molecule has 2 aliphatic heterocycles. The van der Waals surface area contributed by atoms with E-state index in [0.717, 1.165) is 0 Å². The molecule has 22 heavy (non-hydrogen) atoms. The van der Waals surface area contributed by atoms with Gasteiger partial charge in [0.25, 0.3) is 11.6 Å². The SMILES string of the molecule is O=C(c1ccc([N+](=O)[O-])cc1Cl)N1CCC2(CC1)OCCO2. The summed E-state index contributed by atoms with van der Waals surface area (Å²) >= 11 is 6.01. The normalized spacial score (nSPS) is 20.3. The molecule has 0 saturated carbocycles. The van der Waals surface area contributed by atoms with Crippen molar-refractivity contribution < 1.29 is 19.2 Å². The van der Waals surface area contributed by atoms with E-state index in [9.17, 15) is 14.9 Å². The van der Waals surface area contributed by atoms with E-state index >= 15 is 0 Å². The van der Waals surface area contributed by atoms with Crippen molar-refractivity contribution in [3.63, 3.8) is 0 Å². The summed E-state index contributed by atoms with van der Waals surface area (Å²) in [7, 11) is 0. The van der Waals surface area contributed by atoms with Gasteiger partial charge in [-0.1, -0.05) is 11.6 Å². The second kappa shape index (κ2) is 5.83. The van der Waals surface area contributed by atoms with Crippen molar-refractivity contribution in [2.75, 3.05) is 26.3 Å². The molecule has 2 heterocycles. The maximum atomic E-state index is 12.5. The molecular weight excluding hydrogens is 312 g/mol. The molecule has 2 saturated heterocycles. The monoisotopic (exact) mass is 326 g/mol. The zero-order chi connectivity index (χ0) is 15.7. The highest BCUT2D eigenvalue weighted by Crippen LogP contribution is 2.32. The van der Waals surface area contributed by atoms with Crippen LogP contribution in [0, 0.1) is 10.1 Å². The third-order valence-electron chi connectivity index (χ3n) is 4.02. The maximum Gasteiger partial charge on any atom is 0.270 e. The van der Waals surface area contributed by atoms with Crippen molar-refractivity contribution in [2.24, 2.45) is 0 Å². The Hall–Kier alpha value is -1.70. The number of nitro groups is 1. The second-order valence-corrected chi connectivity index (χ2v) is 5.73. The van der Waals surface area contributed by atoms with Gasteiger partial charge in [0.1, 0.15) is 0 Å².